The zero-order chi connectivity index (χ0) is 19.3. The summed E-state index contributed by atoms with van der Waals surface area (Å²) in [6, 6.07) is 0. The van der Waals surface area contributed by atoms with Crippen molar-refractivity contribution in [3.05, 3.63) is 0 Å². The third kappa shape index (κ3) is 10.6. The first-order valence-corrected chi connectivity index (χ1v) is 11.0. The van der Waals surface area contributed by atoms with Crippen LogP contribution in [0.15, 0.2) is 0 Å². The maximum Gasteiger partial charge on any atom is 0.0107 e. The molecule has 1 N–H and O–H groups in total. The molecule has 0 saturated carbocycles. The summed E-state index contributed by atoms with van der Waals surface area (Å²) >= 11 is 0. The Bertz CT molecular complexity index is 288. The Kier molecular flexibility index (Phi) is 13.9. The van der Waals surface area contributed by atoms with Gasteiger partial charge in [-0.1, -0.05) is 55.4 Å². The highest BCUT2D eigenvalue weighted by molar-refractivity contribution is 4.84. The zero-order valence-corrected chi connectivity index (χ0v) is 18.8. The second kappa shape index (κ2) is 14.0. The number of hydrogen-bond acceptors (Lipinski definition) is 3. The van der Waals surface area contributed by atoms with Crippen molar-refractivity contribution in [2.45, 2.75) is 74.7 Å². The van der Waals surface area contributed by atoms with Crippen molar-refractivity contribution in [2.75, 3.05) is 52.4 Å². The first kappa shape index (κ1) is 24.9. The van der Waals surface area contributed by atoms with Gasteiger partial charge in [0.1, 0.15) is 0 Å². The number of nitrogens with zero attached hydrogens (tertiary/aromatic N) is 2. The Morgan fingerprint density at radius 2 is 1.32 bits per heavy atom. The first-order valence-electron chi connectivity index (χ1n) is 11.0. The van der Waals surface area contributed by atoms with Gasteiger partial charge in [-0.05, 0) is 62.7 Å². The zero-order valence-electron chi connectivity index (χ0n) is 18.8. The number of nitrogens with one attached hydrogen (secondary N) is 1. The lowest BCUT2D eigenvalue weighted by Crippen LogP contribution is -2.43. The predicted octanol–water partition coefficient (Wildman–Crippen LogP) is 4.73. The van der Waals surface area contributed by atoms with Crippen molar-refractivity contribution >= 4 is 0 Å². The summed E-state index contributed by atoms with van der Waals surface area (Å²) in [5.74, 6) is 1.78. The third-order valence-electron chi connectivity index (χ3n) is 5.73. The fourth-order valence-electron chi connectivity index (χ4n) is 4.28. The molecule has 25 heavy (non-hydrogen) atoms. The number of piperidine rings is 1. The number of rotatable bonds is 5. The molecule has 0 unspecified atom stereocenters. The van der Waals surface area contributed by atoms with E-state index in [1.165, 1.54) is 71.6 Å². The van der Waals surface area contributed by atoms with E-state index in [2.05, 4.69) is 56.7 Å². The Morgan fingerprint density at radius 3 is 1.68 bits per heavy atom. The quantitative estimate of drug-likeness (QED) is 0.769. The third-order valence-corrected chi connectivity index (χ3v) is 5.73. The Balaban J connectivity index is 0.000000483. The highest BCUT2D eigenvalue weighted by Crippen LogP contribution is 2.39. The van der Waals surface area contributed by atoms with Gasteiger partial charge >= 0.3 is 0 Å². The van der Waals surface area contributed by atoms with Crippen LogP contribution in [0.3, 0.4) is 0 Å². The van der Waals surface area contributed by atoms with Gasteiger partial charge in [-0.15, -0.1) is 0 Å². The van der Waals surface area contributed by atoms with Gasteiger partial charge in [0.25, 0.3) is 0 Å². The molecule has 3 heteroatoms. The number of piperazine rings is 1. The van der Waals surface area contributed by atoms with E-state index in [0.717, 1.165) is 11.8 Å². The van der Waals surface area contributed by atoms with Crippen LogP contribution in [-0.2, 0) is 0 Å². The molecule has 0 amide bonds. The molecule has 2 heterocycles. The van der Waals surface area contributed by atoms with Gasteiger partial charge in [-0.2, -0.15) is 0 Å². The van der Waals surface area contributed by atoms with E-state index in [1.54, 1.807) is 0 Å². The fraction of sp³-hybridized carbons (Fsp3) is 1.00. The monoisotopic (exact) mass is 355 g/mol. The van der Waals surface area contributed by atoms with Gasteiger partial charge in [0.15, 0.2) is 0 Å². The van der Waals surface area contributed by atoms with Crippen LogP contribution >= 0.6 is 0 Å². The van der Waals surface area contributed by atoms with E-state index in [9.17, 15) is 0 Å². The van der Waals surface area contributed by atoms with Crippen LogP contribution in [0, 0.1) is 17.3 Å². The Morgan fingerprint density at radius 1 is 0.880 bits per heavy atom. The van der Waals surface area contributed by atoms with Crippen LogP contribution in [-0.4, -0.2) is 62.2 Å². The summed E-state index contributed by atoms with van der Waals surface area (Å²) in [4.78, 5) is 5.04. The molecule has 2 aliphatic heterocycles. The molecule has 2 saturated heterocycles. The molecular formula is C22H49N3. The first-order chi connectivity index (χ1) is 11.9. The molecule has 0 aromatic rings. The average Bonchev–Trinajstić information content (AvgIpc) is 2.63. The topological polar surface area (TPSA) is 18.5 Å². The summed E-state index contributed by atoms with van der Waals surface area (Å²) in [5, 5.41) is 3.31. The maximum atomic E-state index is 3.31. The van der Waals surface area contributed by atoms with Gasteiger partial charge < -0.3 is 15.1 Å². The van der Waals surface area contributed by atoms with E-state index in [1.807, 2.05) is 13.8 Å². The molecule has 2 rings (SSSR count). The van der Waals surface area contributed by atoms with Crippen molar-refractivity contribution in [1.82, 2.24) is 15.1 Å². The van der Waals surface area contributed by atoms with Crippen LogP contribution in [0.1, 0.15) is 74.7 Å². The molecule has 0 aromatic carbocycles. The van der Waals surface area contributed by atoms with E-state index in [-0.39, 0.29) is 0 Å². The fourth-order valence-corrected chi connectivity index (χ4v) is 4.28. The molecule has 0 aromatic heterocycles. The van der Waals surface area contributed by atoms with E-state index in [4.69, 9.17) is 0 Å². The summed E-state index contributed by atoms with van der Waals surface area (Å²) in [7, 11) is 0. The van der Waals surface area contributed by atoms with Gasteiger partial charge in [0.2, 0.25) is 0 Å². The van der Waals surface area contributed by atoms with Crippen molar-refractivity contribution in [2.24, 2.45) is 17.3 Å². The lowest BCUT2D eigenvalue weighted by molar-refractivity contribution is 0.0867. The van der Waals surface area contributed by atoms with Gasteiger partial charge in [-0.25, -0.2) is 0 Å². The molecule has 0 atom stereocenters. The lowest BCUT2D eigenvalue weighted by atomic mass is 9.69. The smallest absolute Gasteiger partial charge is 0.0107 e. The number of likely N-dealkylation sites (tertiary alicyclic amines) is 1. The second-order valence-electron chi connectivity index (χ2n) is 8.48. The Labute approximate surface area is 159 Å². The molecular weight excluding hydrogens is 306 g/mol. The normalized spacial score (nSPS) is 20.5. The minimum atomic E-state index is 0.550. The highest BCUT2D eigenvalue weighted by atomic mass is 15.2. The molecule has 0 aliphatic carbocycles. The van der Waals surface area contributed by atoms with Crippen LogP contribution in [0.4, 0.5) is 0 Å². The van der Waals surface area contributed by atoms with E-state index < -0.39 is 0 Å². The minimum Gasteiger partial charge on any atom is -0.314 e. The van der Waals surface area contributed by atoms with Gasteiger partial charge in [0.05, 0.1) is 0 Å². The standard InChI is InChI=1S/C14H29N.C6H14N2.C2H6/c1-6-15-9-7-13(8-10-15)14(4,5)11-12(2)3;1-2-8-5-3-7-4-6-8;1-2/h12-13H,6-11H2,1-5H3;7H,2-6H2,1H3;1-2H3. The summed E-state index contributed by atoms with van der Waals surface area (Å²) in [5.41, 5.74) is 0.550. The lowest BCUT2D eigenvalue weighted by Gasteiger charge is -2.41. The highest BCUT2D eigenvalue weighted by Gasteiger charge is 2.32. The van der Waals surface area contributed by atoms with Crippen LogP contribution < -0.4 is 5.32 Å². The molecule has 2 aliphatic rings. The van der Waals surface area contributed by atoms with E-state index >= 15 is 0 Å². The summed E-state index contributed by atoms with van der Waals surface area (Å²) < 4.78 is 0. The molecule has 152 valence electrons. The summed E-state index contributed by atoms with van der Waals surface area (Å²) in [6.07, 6.45) is 4.20. The number of likely N-dealkylation sites (N-methyl/N-ethyl adjacent to an activating group) is 1. The average molecular weight is 356 g/mol. The van der Waals surface area contributed by atoms with Crippen molar-refractivity contribution in [3.8, 4) is 0 Å². The molecule has 0 bridgehead atoms. The molecule has 3 nitrogen and oxygen atoms in total. The van der Waals surface area contributed by atoms with E-state index in [0.29, 0.717) is 5.41 Å². The molecule has 2 fully saturated rings. The molecule has 0 spiro atoms. The van der Waals surface area contributed by atoms with Crippen molar-refractivity contribution in [3.63, 3.8) is 0 Å². The van der Waals surface area contributed by atoms with Crippen LogP contribution in [0.5, 0.6) is 0 Å². The Hall–Kier alpha value is -0.120. The number of hydrogen-bond donors (Lipinski definition) is 1. The van der Waals surface area contributed by atoms with Crippen LogP contribution in [0.25, 0.3) is 0 Å². The largest absolute Gasteiger partial charge is 0.314 e. The summed E-state index contributed by atoms with van der Waals surface area (Å²) in [6.45, 7) is 28.0. The van der Waals surface area contributed by atoms with Crippen molar-refractivity contribution in [1.29, 1.82) is 0 Å². The minimum absolute atomic E-state index is 0.550. The second-order valence-corrected chi connectivity index (χ2v) is 8.48. The van der Waals surface area contributed by atoms with Gasteiger partial charge in [0, 0.05) is 26.2 Å². The maximum absolute atomic E-state index is 3.31. The van der Waals surface area contributed by atoms with Crippen LogP contribution in [0.2, 0.25) is 0 Å². The predicted molar refractivity (Wildman–Crippen MR) is 114 cm³/mol. The van der Waals surface area contributed by atoms with Gasteiger partial charge in [-0.3, -0.25) is 0 Å². The molecule has 0 radical (unpaired) electrons. The SMILES string of the molecule is CC.CCN1CCC(C(C)(C)CC(C)C)CC1.CCN1CCNCC1. The van der Waals surface area contributed by atoms with Crippen molar-refractivity contribution < 1.29 is 0 Å².